The molecule has 1 unspecified atom stereocenters. The van der Waals surface area contributed by atoms with Crippen LogP contribution >= 0.6 is 0 Å². The van der Waals surface area contributed by atoms with E-state index in [-0.39, 0.29) is 18.6 Å². The van der Waals surface area contributed by atoms with Crippen molar-refractivity contribution in [3.8, 4) is 11.5 Å². The fourth-order valence-electron chi connectivity index (χ4n) is 3.97. The molecular formula is C24H26N2O5. The number of nitrogens with one attached hydrogen (secondary N) is 1. The summed E-state index contributed by atoms with van der Waals surface area (Å²) >= 11 is 0. The van der Waals surface area contributed by atoms with Crippen LogP contribution in [0.4, 0.5) is 0 Å². The molecule has 1 aliphatic rings. The van der Waals surface area contributed by atoms with Crippen LogP contribution in [-0.4, -0.2) is 44.2 Å². The normalized spacial score (nSPS) is 15.0. The molecule has 0 aliphatic carbocycles. The van der Waals surface area contributed by atoms with Crippen LogP contribution in [0.1, 0.15) is 24.4 Å². The fraction of sp³-hybridized carbons (Fsp3) is 0.333. The number of rotatable bonds is 8. The molecule has 1 atom stereocenters. The molecule has 0 saturated carbocycles. The molecule has 162 valence electrons. The standard InChI is InChI=1S/C24H26N2O5/c1-29-21-7-3-2-6-19(21)20(26-12-4-5-13-26)15-25-23(27)16-30-18-10-8-17-9-11-24(28)31-22(17)14-18/h2-3,6-11,14,20H,4-5,12-13,15-16H2,1H3,(H,25,27). The van der Waals surface area contributed by atoms with Crippen LogP contribution in [0.25, 0.3) is 11.0 Å². The highest BCUT2D eigenvalue weighted by Crippen LogP contribution is 2.31. The number of amides is 1. The zero-order chi connectivity index (χ0) is 21.6. The van der Waals surface area contributed by atoms with Gasteiger partial charge >= 0.3 is 5.63 Å². The minimum atomic E-state index is -0.424. The van der Waals surface area contributed by atoms with E-state index < -0.39 is 5.63 Å². The molecule has 31 heavy (non-hydrogen) atoms. The molecule has 0 spiro atoms. The maximum Gasteiger partial charge on any atom is 0.336 e. The Labute approximate surface area is 180 Å². The van der Waals surface area contributed by atoms with Crippen LogP contribution in [-0.2, 0) is 4.79 Å². The summed E-state index contributed by atoms with van der Waals surface area (Å²) in [7, 11) is 1.66. The van der Waals surface area contributed by atoms with Crippen LogP contribution in [0.2, 0.25) is 0 Å². The first-order valence-electron chi connectivity index (χ1n) is 10.4. The highest BCUT2D eigenvalue weighted by Gasteiger charge is 2.26. The topological polar surface area (TPSA) is 81.0 Å². The van der Waals surface area contributed by atoms with Gasteiger partial charge in [-0.25, -0.2) is 4.79 Å². The van der Waals surface area contributed by atoms with E-state index >= 15 is 0 Å². The van der Waals surface area contributed by atoms with E-state index in [0.29, 0.717) is 17.9 Å². The van der Waals surface area contributed by atoms with E-state index in [0.717, 1.165) is 42.6 Å². The first kappa shape index (κ1) is 20.9. The van der Waals surface area contributed by atoms with Crippen molar-refractivity contribution < 1.29 is 18.7 Å². The van der Waals surface area contributed by atoms with Gasteiger partial charge in [-0.15, -0.1) is 0 Å². The van der Waals surface area contributed by atoms with Gasteiger partial charge in [-0.1, -0.05) is 18.2 Å². The number of ether oxygens (including phenoxy) is 2. The molecule has 1 aromatic heterocycles. The minimum absolute atomic E-state index is 0.0394. The molecule has 0 radical (unpaired) electrons. The number of para-hydroxylation sites is 1. The van der Waals surface area contributed by atoms with Crippen LogP contribution in [0.5, 0.6) is 11.5 Å². The Kier molecular flexibility index (Phi) is 6.52. The molecule has 7 heteroatoms. The Morgan fingerprint density at radius 1 is 1.13 bits per heavy atom. The number of likely N-dealkylation sites (tertiary alicyclic amines) is 1. The predicted octanol–water partition coefficient (Wildman–Crippen LogP) is 3.13. The van der Waals surface area contributed by atoms with Crippen molar-refractivity contribution >= 4 is 16.9 Å². The molecule has 4 rings (SSSR count). The summed E-state index contributed by atoms with van der Waals surface area (Å²) in [6.07, 6.45) is 2.31. The van der Waals surface area contributed by atoms with Crippen LogP contribution < -0.4 is 20.4 Å². The van der Waals surface area contributed by atoms with E-state index in [1.807, 2.05) is 24.3 Å². The van der Waals surface area contributed by atoms with Gasteiger partial charge in [-0.3, -0.25) is 9.69 Å². The molecule has 2 aromatic carbocycles. The SMILES string of the molecule is COc1ccccc1C(CNC(=O)COc1ccc2ccc(=O)oc2c1)N1CCCC1. The van der Waals surface area contributed by atoms with Gasteiger partial charge in [0, 0.05) is 29.6 Å². The molecule has 7 nitrogen and oxygen atoms in total. The molecule has 2 heterocycles. The van der Waals surface area contributed by atoms with Crippen molar-refractivity contribution in [1.82, 2.24) is 10.2 Å². The monoisotopic (exact) mass is 422 g/mol. The zero-order valence-corrected chi connectivity index (χ0v) is 17.5. The quantitative estimate of drug-likeness (QED) is 0.562. The lowest BCUT2D eigenvalue weighted by molar-refractivity contribution is -0.123. The van der Waals surface area contributed by atoms with Crippen molar-refractivity contribution in [3.05, 3.63) is 70.6 Å². The Morgan fingerprint density at radius 2 is 1.90 bits per heavy atom. The lowest BCUT2D eigenvalue weighted by Crippen LogP contribution is -2.38. The summed E-state index contributed by atoms with van der Waals surface area (Å²) in [5.74, 6) is 1.08. The Hall–Kier alpha value is -3.32. The van der Waals surface area contributed by atoms with Crippen molar-refractivity contribution in [2.75, 3.05) is 33.4 Å². The second kappa shape index (κ2) is 9.66. The number of carbonyl (C=O) groups excluding carboxylic acids is 1. The lowest BCUT2D eigenvalue weighted by Gasteiger charge is -2.29. The highest BCUT2D eigenvalue weighted by molar-refractivity contribution is 5.79. The Bertz CT molecular complexity index is 1100. The third-order valence-corrected chi connectivity index (χ3v) is 5.54. The van der Waals surface area contributed by atoms with Gasteiger partial charge in [-0.05, 0) is 50.2 Å². The van der Waals surface area contributed by atoms with E-state index in [1.165, 1.54) is 6.07 Å². The average molecular weight is 422 g/mol. The lowest BCUT2D eigenvalue weighted by atomic mass is 10.0. The maximum atomic E-state index is 12.5. The summed E-state index contributed by atoms with van der Waals surface area (Å²) in [5, 5.41) is 3.78. The van der Waals surface area contributed by atoms with Crippen molar-refractivity contribution in [2.24, 2.45) is 0 Å². The molecule has 1 fully saturated rings. The first-order chi connectivity index (χ1) is 15.1. The van der Waals surface area contributed by atoms with Crippen LogP contribution in [0.15, 0.2) is 63.8 Å². The van der Waals surface area contributed by atoms with E-state index in [4.69, 9.17) is 13.9 Å². The van der Waals surface area contributed by atoms with Gasteiger partial charge in [0.25, 0.3) is 5.91 Å². The summed E-state index contributed by atoms with van der Waals surface area (Å²) in [5.41, 5.74) is 1.07. The molecule has 3 aromatic rings. The van der Waals surface area contributed by atoms with Gasteiger partial charge in [0.1, 0.15) is 17.1 Å². The number of nitrogens with zero attached hydrogens (tertiary/aromatic N) is 1. The number of hydrogen-bond donors (Lipinski definition) is 1. The number of fused-ring (bicyclic) bond motifs is 1. The van der Waals surface area contributed by atoms with E-state index in [1.54, 1.807) is 31.4 Å². The molecule has 0 bridgehead atoms. The largest absolute Gasteiger partial charge is 0.496 e. The average Bonchev–Trinajstić information content (AvgIpc) is 3.32. The Balaban J connectivity index is 1.39. The Morgan fingerprint density at radius 3 is 2.71 bits per heavy atom. The number of carbonyl (C=O) groups is 1. The van der Waals surface area contributed by atoms with Gasteiger partial charge in [0.15, 0.2) is 6.61 Å². The second-order valence-corrected chi connectivity index (χ2v) is 7.55. The maximum absolute atomic E-state index is 12.5. The van der Waals surface area contributed by atoms with Gasteiger partial charge in [0.05, 0.1) is 13.2 Å². The third-order valence-electron chi connectivity index (χ3n) is 5.54. The van der Waals surface area contributed by atoms with Gasteiger partial charge in [-0.2, -0.15) is 0 Å². The minimum Gasteiger partial charge on any atom is -0.496 e. The van der Waals surface area contributed by atoms with Crippen molar-refractivity contribution in [1.29, 1.82) is 0 Å². The van der Waals surface area contributed by atoms with Crippen LogP contribution in [0.3, 0.4) is 0 Å². The summed E-state index contributed by atoms with van der Waals surface area (Å²) in [6.45, 7) is 2.34. The predicted molar refractivity (Wildman–Crippen MR) is 118 cm³/mol. The number of benzene rings is 2. The van der Waals surface area contributed by atoms with E-state index in [9.17, 15) is 9.59 Å². The summed E-state index contributed by atoms with van der Waals surface area (Å²) in [4.78, 5) is 26.3. The smallest absolute Gasteiger partial charge is 0.336 e. The zero-order valence-electron chi connectivity index (χ0n) is 17.5. The summed E-state index contributed by atoms with van der Waals surface area (Å²) in [6, 6.07) is 16.2. The van der Waals surface area contributed by atoms with Crippen molar-refractivity contribution in [2.45, 2.75) is 18.9 Å². The van der Waals surface area contributed by atoms with E-state index in [2.05, 4.69) is 10.2 Å². The van der Waals surface area contributed by atoms with Gasteiger partial charge < -0.3 is 19.2 Å². The molecule has 1 N–H and O–H groups in total. The first-order valence-corrected chi connectivity index (χ1v) is 10.4. The number of methoxy groups -OCH3 is 1. The fourth-order valence-corrected chi connectivity index (χ4v) is 3.97. The van der Waals surface area contributed by atoms with Crippen LogP contribution in [0, 0.1) is 0 Å². The van der Waals surface area contributed by atoms with Crippen molar-refractivity contribution in [3.63, 3.8) is 0 Å². The molecule has 1 aliphatic heterocycles. The highest BCUT2D eigenvalue weighted by atomic mass is 16.5. The third kappa shape index (κ3) is 5.06. The van der Waals surface area contributed by atoms with Gasteiger partial charge in [0.2, 0.25) is 0 Å². The molecule has 1 saturated heterocycles. The second-order valence-electron chi connectivity index (χ2n) is 7.55. The molecular weight excluding hydrogens is 396 g/mol. The molecule has 1 amide bonds. The number of hydrogen-bond acceptors (Lipinski definition) is 6. The summed E-state index contributed by atoms with van der Waals surface area (Å²) < 4.78 is 16.3.